The maximum Gasteiger partial charge on any atom is 0.341 e. The van der Waals surface area contributed by atoms with Gasteiger partial charge in [-0.15, -0.1) is 0 Å². The molecule has 0 bridgehead atoms. The van der Waals surface area contributed by atoms with Crippen LogP contribution in [-0.2, 0) is 0 Å². The Morgan fingerprint density at radius 3 is 2.36 bits per heavy atom. The van der Waals surface area contributed by atoms with Gasteiger partial charge in [0.25, 0.3) is 0 Å². The van der Waals surface area contributed by atoms with Crippen LogP contribution < -0.4 is 16.9 Å². The maximum absolute atomic E-state index is 14.4. The van der Waals surface area contributed by atoms with Gasteiger partial charge in [-0.2, -0.15) is 0 Å². The zero-order chi connectivity index (χ0) is 18.5. The van der Waals surface area contributed by atoms with Crippen LogP contribution in [-0.4, -0.2) is 11.1 Å². The highest BCUT2D eigenvalue weighted by atomic mass is 19.1. The third-order valence-corrected chi connectivity index (χ3v) is 3.59. The molecule has 1 aromatic heterocycles. The number of fused-ring (bicyclic) bond motifs is 1. The van der Waals surface area contributed by atoms with Gasteiger partial charge in [0.15, 0.2) is 22.6 Å². The first-order chi connectivity index (χ1) is 11.7. The number of nitrogens with two attached hydrogens (primary N) is 2. The van der Waals surface area contributed by atoms with Gasteiger partial charge in [0.05, 0.1) is 16.8 Å². The van der Waals surface area contributed by atoms with Crippen molar-refractivity contribution in [2.24, 2.45) is 0 Å². The van der Waals surface area contributed by atoms with Gasteiger partial charge in [-0.25, -0.2) is 18.0 Å². The molecule has 5 N–H and O–H groups in total. The molecule has 25 heavy (non-hydrogen) atoms. The highest BCUT2D eigenvalue weighted by molar-refractivity contribution is 5.99. The van der Waals surface area contributed by atoms with Crippen molar-refractivity contribution in [2.75, 3.05) is 11.5 Å². The SMILES string of the molecule is Nc1ccc(-c2cc(=O)c3c(N)c(F)c(C(=O)O)c(F)c3o2)cc1F. The topological polar surface area (TPSA) is 120 Å². The molecular weight excluding hydrogens is 341 g/mol. The average Bonchev–Trinajstić information content (AvgIpc) is 2.54. The summed E-state index contributed by atoms with van der Waals surface area (Å²) in [7, 11) is 0. The first-order valence-electron chi connectivity index (χ1n) is 6.75. The number of hydrogen-bond donors (Lipinski definition) is 3. The summed E-state index contributed by atoms with van der Waals surface area (Å²) in [5.41, 5.74) is 6.70. The Hall–Kier alpha value is -3.49. The van der Waals surface area contributed by atoms with Crippen LogP contribution in [0.1, 0.15) is 10.4 Å². The maximum atomic E-state index is 14.4. The molecule has 2 aromatic carbocycles. The standard InChI is InChI=1S/C16H9F3N2O4/c17-6-3-5(1-2-7(6)20)9-4-8(22)10-14(21)12(18)11(16(23)24)13(19)15(10)25-9/h1-4H,20-21H2,(H,23,24). The number of carbonyl (C=O) groups is 1. The zero-order valence-corrected chi connectivity index (χ0v) is 12.3. The van der Waals surface area contributed by atoms with Gasteiger partial charge in [0, 0.05) is 11.6 Å². The van der Waals surface area contributed by atoms with Crippen molar-refractivity contribution in [3.05, 3.63) is 57.5 Å². The van der Waals surface area contributed by atoms with E-state index >= 15 is 0 Å². The molecule has 3 aromatic rings. The first kappa shape index (κ1) is 16.4. The van der Waals surface area contributed by atoms with Crippen molar-refractivity contribution >= 4 is 28.3 Å². The fourth-order valence-electron chi connectivity index (χ4n) is 2.37. The largest absolute Gasteiger partial charge is 0.477 e. The second kappa shape index (κ2) is 5.55. The van der Waals surface area contributed by atoms with Gasteiger partial charge >= 0.3 is 5.97 Å². The second-order valence-corrected chi connectivity index (χ2v) is 5.14. The molecule has 0 saturated heterocycles. The van der Waals surface area contributed by atoms with Crippen molar-refractivity contribution in [1.29, 1.82) is 0 Å². The van der Waals surface area contributed by atoms with E-state index in [0.29, 0.717) is 0 Å². The van der Waals surface area contributed by atoms with E-state index in [-0.39, 0.29) is 17.0 Å². The Kier molecular flexibility index (Phi) is 3.63. The highest BCUT2D eigenvalue weighted by Gasteiger charge is 2.27. The summed E-state index contributed by atoms with van der Waals surface area (Å²) in [6, 6.07) is 4.32. The Balaban J connectivity index is 2.41. The summed E-state index contributed by atoms with van der Waals surface area (Å²) in [5, 5.41) is 8.29. The molecule has 0 unspecified atom stereocenters. The van der Waals surface area contributed by atoms with E-state index in [1.165, 1.54) is 12.1 Å². The van der Waals surface area contributed by atoms with Gasteiger partial charge in [-0.05, 0) is 18.2 Å². The average molecular weight is 350 g/mol. The Bertz CT molecular complexity index is 1110. The van der Waals surface area contributed by atoms with Crippen LogP contribution in [0.2, 0.25) is 0 Å². The molecule has 0 aliphatic heterocycles. The molecule has 0 aliphatic rings. The summed E-state index contributed by atoms with van der Waals surface area (Å²) in [4.78, 5) is 23.2. The molecule has 0 spiro atoms. The van der Waals surface area contributed by atoms with Crippen LogP contribution >= 0.6 is 0 Å². The van der Waals surface area contributed by atoms with E-state index in [9.17, 15) is 22.8 Å². The molecule has 1 heterocycles. The van der Waals surface area contributed by atoms with Crippen molar-refractivity contribution in [1.82, 2.24) is 0 Å². The van der Waals surface area contributed by atoms with Crippen LogP contribution in [0.3, 0.4) is 0 Å². The summed E-state index contributed by atoms with van der Waals surface area (Å²) >= 11 is 0. The lowest BCUT2D eigenvalue weighted by Crippen LogP contribution is -2.13. The first-order valence-corrected chi connectivity index (χ1v) is 6.75. The van der Waals surface area contributed by atoms with Gasteiger partial charge in [0.2, 0.25) is 0 Å². The van der Waals surface area contributed by atoms with Crippen molar-refractivity contribution in [3.8, 4) is 11.3 Å². The number of rotatable bonds is 2. The minimum Gasteiger partial charge on any atom is -0.477 e. The number of halogens is 3. The molecular formula is C16H9F3N2O4. The van der Waals surface area contributed by atoms with Crippen LogP contribution in [0.15, 0.2) is 33.5 Å². The number of hydrogen-bond acceptors (Lipinski definition) is 5. The fourth-order valence-corrected chi connectivity index (χ4v) is 2.37. The number of carboxylic acids is 1. The lowest BCUT2D eigenvalue weighted by atomic mass is 10.1. The highest BCUT2D eigenvalue weighted by Crippen LogP contribution is 2.32. The smallest absolute Gasteiger partial charge is 0.341 e. The van der Waals surface area contributed by atoms with E-state index in [2.05, 4.69) is 0 Å². The monoisotopic (exact) mass is 350 g/mol. The summed E-state index contributed by atoms with van der Waals surface area (Å²) in [5.74, 6) is -6.15. The van der Waals surface area contributed by atoms with E-state index in [4.69, 9.17) is 21.0 Å². The van der Waals surface area contributed by atoms with Crippen molar-refractivity contribution in [2.45, 2.75) is 0 Å². The minimum atomic E-state index is -1.92. The van der Waals surface area contributed by atoms with Crippen molar-refractivity contribution < 1.29 is 27.5 Å². The molecule has 3 rings (SSSR count). The van der Waals surface area contributed by atoms with Gasteiger partial charge in [-0.3, -0.25) is 4.79 Å². The van der Waals surface area contributed by atoms with Crippen LogP contribution in [0.5, 0.6) is 0 Å². The zero-order valence-electron chi connectivity index (χ0n) is 12.3. The number of benzene rings is 2. The lowest BCUT2D eigenvalue weighted by Gasteiger charge is -2.09. The Morgan fingerprint density at radius 1 is 1.08 bits per heavy atom. The summed E-state index contributed by atoms with van der Waals surface area (Å²) in [6.07, 6.45) is 0. The predicted molar refractivity (Wildman–Crippen MR) is 83.6 cm³/mol. The van der Waals surface area contributed by atoms with Crippen LogP contribution in [0.25, 0.3) is 22.3 Å². The van der Waals surface area contributed by atoms with Crippen LogP contribution in [0, 0.1) is 17.5 Å². The Morgan fingerprint density at radius 2 is 1.76 bits per heavy atom. The molecule has 9 heteroatoms. The minimum absolute atomic E-state index is 0.0462. The summed E-state index contributed by atoms with van der Waals surface area (Å²) in [6.45, 7) is 0. The van der Waals surface area contributed by atoms with E-state index in [1.807, 2.05) is 0 Å². The molecule has 0 radical (unpaired) electrons. The van der Waals surface area contributed by atoms with Gasteiger partial charge < -0.3 is 21.0 Å². The fraction of sp³-hybridized carbons (Fsp3) is 0. The van der Waals surface area contributed by atoms with E-state index in [1.54, 1.807) is 0 Å². The van der Waals surface area contributed by atoms with Crippen molar-refractivity contribution in [3.63, 3.8) is 0 Å². The van der Waals surface area contributed by atoms with E-state index < -0.39 is 51.1 Å². The molecule has 0 saturated carbocycles. The lowest BCUT2D eigenvalue weighted by molar-refractivity contribution is 0.0686. The molecule has 0 fully saturated rings. The quantitative estimate of drug-likeness (QED) is 0.611. The molecule has 0 aliphatic carbocycles. The van der Waals surface area contributed by atoms with Crippen LogP contribution in [0.4, 0.5) is 24.5 Å². The number of carboxylic acid groups (broad SMARTS) is 1. The normalized spacial score (nSPS) is 11.0. The summed E-state index contributed by atoms with van der Waals surface area (Å²) < 4.78 is 47.1. The third-order valence-electron chi connectivity index (χ3n) is 3.59. The Labute approximate surface area is 137 Å². The number of aromatic carboxylic acids is 1. The van der Waals surface area contributed by atoms with Gasteiger partial charge in [-0.1, -0.05) is 0 Å². The number of anilines is 2. The molecule has 0 amide bonds. The second-order valence-electron chi connectivity index (χ2n) is 5.14. The predicted octanol–water partition coefficient (Wildman–Crippen LogP) is 2.74. The van der Waals surface area contributed by atoms with E-state index in [0.717, 1.165) is 12.1 Å². The number of nitrogen functional groups attached to an aromatic ring is 2. The molecule has 0 atom stereocenters. The molecule has 6 nitrogen and oxygen atoms in total. The van der Waals surface area contributed by atoms with Gasteiger partial charge in [0.1, 0.15) is 17.1 Å². The molecule has 128 valence electrons. The third kappa shape index (κ3) is 2.45.